The molecule has 3 nitrogen and oxygen atoms in total. The molecule has 0 amide bonds. The van der Waals surface area contributed by atoms with E-state index in [4.69, 9.17) is 5.73 Å². The van der Waals surface area contributed by atoms with Gasteiger partial charge in [0, 0.05) is 25.2 Å². The lowest BCUT2D eigenvalue weighted by Crippen LogP contribution is -2.40. The Morgan fingerprint density at radius 1 is 1.20 bits per heavy atom. The monoisotopic (exact) mass is 306 g/mol. The van der Waals surface area contributed by atoms with Crippen LogP contribution in [0.4, 0.5) is 8.78 Å². The van der Waals surface area contributed by atoms with Gasteiger partial charge < -0.3 is 10.5 Å². The molecule has 6 heteroatoms. The first-order valence-corrected chi connectivity index (χ1v) is 6.60. The minimum Gasteiger partial charge on any atom is -0.435 e. The quantitative estimate of drug-likeness (QED) is 0.928. The maximum atomic E-state index is 12.1. The van der Waals surface area contributed by atoms with Crippen LogP contribution in [0, 0.1) is 0 Å². The second-order valence-corrected chi connectivity index (χ2v) is 5.00. The number of alkyl halides is 2. The van der Waals surface area contributed by atoms with E-state index in [0.29, 0.717) is 6.04 Å². The minimum absolute atomic E-state index is 0. The van der Waals surface area contributed by atoms with Crippen LogP contribution in [0.15, 0.2) is 24.3 Å². The SMILES string of the molecule is CC(c1ccc(OC(F)F)cc1)N1CCC(N)CC1.Cl. The third-order valence-electron chi connectivity index (χ3n) is 3.71. The van der Waals surface area contributed by atoms with Crippen LogP contribution in [0.5, 0.6) is 5.75 Å². The van der Waals surface area contributed by atoms with Crippen LogP contribution in [0.2, 0.25) is 0 Å². The predicted octanol–water partition coefficient (Wildman–Crippen LogP) is 3.19. The van der Waals surface area contributed by atoms with Crippen LogP contribution in [0.25, 0.3) is 0 Å². The number of hydrogen-bond acceptors (Lipinski definition) is 3. The van der Waals surface area contributed by atoms with Crippen molar-refractivity contribution in [2.45, 2.75) is 38.5 Å². The third-order valence-corrected chi connectivity index (χ3v) is 3.71. The lowest BCUT2D eigenvalue weighted by Gasteiger charge is -2.35. The van der Waals surface area contributed by atoms with Crippen molar-refractivity contribution in [1.82, 2.24) is 4.90 Å². The average Bonchev–Trinajstić information content (AvgIpc) is 2.39. The molecule has 1 fully saturated rings. The summed E-state index contributed by atoms with van der Waals surface area (Å²) in [6, 6.07) is 7.45. The Morgan fingerprint density at radius 2 is 1.75 bits per heavy atom. The first-order valence-electron chi connectivity index (χ1n) is 6.60. The van der Waals surface area contributed by atoms with Gasteiger partial charge >= 0.3 is 6.61 Å². The predicted molar refractivity (Wildman–Crippen MR) is 77.5 cm³/mol. The summed E-state index contributed by atoms with van der Waals surface area (Å²) in [7, 11) is 0. The van der Waals surface area contributed by atoms with Gasteiger partial charge in [-0.25, -0.2) is 0 Å². The summed E-state index contributed by atoms with van der Waals surface area (Å²) < 4.78 is 28.5. The highest BCUT2D eigenvalue weighted by Crippen LogP contribution is 2.25. The summed E-state index contributed by atoms with van der Waals surface area (Å²) in [6.07, 6.45) is 2.02. The van der Waals surface area contributed by atoms with E-state index in [0.717, 1.165) is 31.5 Å². The summed E-state index contributed by atoms with van der Waals surface area (Å²) in [5.41, 5.74) is 7.00. The van der Waals surface area contributed by atoms with E-state index in [1.165, 1.54) is 0 Å². The Balaban J connectivity index is 0.00000200. The van der Waals surface area contributed by atoms with Crippen molar-refractivity contribution in [3.05, 3.63) is 29.8 Å². The van der Waals surface area contributed by atoms with Gasteiger partial charge in [0.25, 0.3) is 0 Å². The molecule has 1 aliphatic rings. The molecule has 2 N–H and O–H groups in total. The van der Waals surface area contributed by atoms with Crippen molar-refractivity contribution in [2.75, 3.05) is 13.1 Å². The minimum atomic E-state index is -2.77. The fourth-order valence-corrected chi connectivity index (χ4v) is 2.45. The van der Waals surface area contributed by atoms with Crippen LogP contribution >= 0.6 is 12.4 Å². The average molecular weight is 307 g/mol. The maximum absolute atomic E-state index is 12.1. The number of benzene rings is 1. The van der Waals surface area contributed by atoms with Gasteiger partial charge in [0.05, 0.1) is 0 Å². The van der Waals surface area contributed by atoms with Gasteiger partial charge in [0.2, 0.25) is 0 Å². The molecular formula is C14H21ClF2N2O. The third kappa shape index (κ3) is 4.58. The fraction of sp³-hybridized carbons (Fsp3) is 0.571. The zero-order valence-corrected chi connectivity index (χ0v) is 12.3. The molecule has 0 aliphatic carbocycles. The Bertz CT molecular complexity index is 395. The molecule has 1 aromatic carbocycles. The summed E-state index contributed by atoms with van der Waals surface area (Å²) in [5.74, 6) is 0.201. The summed E-state index contributed by atoms with van der Waals surface area (Å²) in [6.45, 7) is 1.32. The lowest BCUT2D eigenvalue weighted by molar-refractivity contribution is -0.0498. The van der Waals surface area contributed by atoms with Crippen LogP contribution in [0.3, 0.4) is 0 Å². The Labute approximate surface area is 124 Å². The molecular weight excluding hydrogens is 286 g/mol. The van der Waals surface area contributed by atoms with Gasteiger partial charge in [-0.1, -0.05) is 12.1 Å². The first kappa shape index (κ1) is 17.1. The van der Waals surface area contributed by atoms with E-state index < -0.39 is 6.61 Å². The fourth-order valence-electron chi connectivity index (χ4n) is 2.45. The molecule has 1 aliphatic heterocycles. The topological polar surface area (TPSA) is 38.5 Å². The highest BCUT2D eigenvalue weighted by molar-refractivity contribution is 5.85. The first-order chi connectivity index (χ1) is 9.06. The van der Waals surface area contributed by atoms with Gasteiger partial charge in [0.1, 0.15) is 5.75 Å². The van der Waals surface area contributed by atoms with E-state index in [1.54, 1.807) is 12.1 Å². The molecule has 0 aromatic heterocycles. The molecule has 0 bridgehead atoms. The number of ether oxygens (including phenoxy) is 1. The molecule has 0 spiro atoms. The van der Waals surface area contributed by atoms with Crippen LogP contribution in [-0.2, 0) is 0 Å². The molecule has 1 unspecified atom stereocenters. The van der Waals surface area contributed by atoms with Gasteiger partial charge in [-0.05, 0) is 37.5 Å². The van der Waals surface area contributed by atoms with Gasteiger partial charge in [0.15, 0.2) is 0 Å². The summed E-state index contributed by atoms with van der Waals surface area (Å²) in [5, 5.41) is 0. The van der Waals surface area contributed by atoms with Crippen molar-refractivity contribution in [1.29, 1.82) is 0 Å². The maximum Gasteiger partial charge on any atom is 0.387 e. The number of hydrogen-bond donors (Lipinski definition) is 1. The zero-order chi connectivity index (χ0) is 13.8. The normalized spacial score (nSPS) is 18.6. The molecule has 2 rings (SSSR count). The molecule has 1 saturated heterocycles. The van der Waals surface area contributed by atoms with Crippen molar-refractivity contribution >= 4 is 12.4 Å². The summed E-state index contributed by atoms with van der Waals surface area (Å²) >= 11 is 0. The van der Waals surface area contributed by atoms with E-state index in [-0.39, 0.29) is 24.2 Å². The van der Waals surface area contributed by atoms with Crippen LogP contribution < -0.4 is 10.5 Å². The molecule has 1 heterocycles. The number of halogens is 3. The van der Waals surface area contributed by atoms with E-state index in [9.17, 15) is 8.78 Å². The smallest absolute Gasteiger partial charge is 0.387 e. The highest BCUT2D eigenvalue weighted by Gasteiger charge is 2.21. The molecule has 20 heavy (non-hydrogen) atoms. The molecule has 0 saturated carbocycles. The van der Waals surface area contributed by atoms with E-state index in [1.807, 2.05) is 12.1 Å². The van der Waals surface area contributed by atoms with E-state index in [2.05, 4.69) is 16.6 Å². The van der Waals surface area contributed by atoms with Crippen molar-refractivity contribution in [2.24, 2.45) is 5.73 Å². The zero-order valence-electron chi connectivity index (χ0n) is 11.5. The highest BCUT2D eigenvalue weighted by atomic mass is 35.5. The molecule has 0 radical (unpaired) electrons. The summed E-state index contributed by atoms with van der Waals surface area (Å²) in [4.78, 5) is 2.37. The largest absolute Gasteiger partial charge is 0.435 e. The van der Waals surface area contributed by atoms with Crippen molar-refractivity contribution in [3.63, 3.8) is 0 Å². The standard InChI is InChI=1S/C14H20F2N2O.ClH/c1-10(18-8-6-12(17)7-9-18)11-2-4-13(5-3-11)19-14(15)16;/h2-5,10,12,14H,6-9,17H2,1H3;1H. The Hall–Kier alpha value is -0.910. The number of piperidine rings is 1. The number of nitrogens with two attached hydrogens (primary N) is 1. The Kier molecular flexibility index (Phi) is 6.65. The van der Waals surface area contributed by atoms with Crippen LogP contribution in [-0.4, -0.2) is 30.6 Å². The second kappa shape index (κ2) is 7.76. The lowest BCUT2D eigenvalue weighted by atomic mass is 10.0. The molecule has 1 atom stereocenters. The number of rotatable bonds is 4. The second-order valence-electron chi connectivity index (χ2n) is 5.00. The van der Waals surface area contributed by atoms with Gasteiger partial charge in [-0.2, -0.15) is 8.78 Å². The van der Waals surface area contributed by atoms with Crippen LogP contribution in [0.1, 0.15) is 31.4 Å². The van der Waals surface area contributed by atoms with Gasteiger partial charge in [-0.3, -0.25) is 4.90 Å². The van der Waals surface area contributed by atoms with Gasteiger partial charge in [-0.15, -0.1) is 12.4 Å². The van der Waals surface area contributed by atoms with Crippen molar-refractivity contribution < 1.29 is 13.5 Å². The van der Waals surface area contributed by atoms with E-state index >= 15 is 0 Å². The molecule has 1 aromatic rings. The Morgan fingerprint density at radius 3 is 2.25 bits per heavy atom. The molecule has 114 valence electrons. The number of nitrogens with zero attached hydrogens (tertiary/aromatic N) is 1. The number of likely N-dealkylation sites (tertiary alicyclic amines) is 1. The van der Waals surface area contributed by atoms with Crippen molar-refractivity contribution in [3.8, 4) is 5.75 Å².